The summed E-state index contributed by atoms with van der Waals surface area (Å²) in [5.74, 6) is -0.0388. The molecule has 0 heterocycles. The summed E-state index contributed by atoms with van der Waals surface area (Å²) in [5.41, 5.74) is 2.02. The third-order valence-electron chi connectivity index (χ3n) is 2.60. The summed E-state index contributed by atoms with van der Waals surface area (Å²) in [7, 11) is 0. The Morgan fingerprint density at radius 1 is 0.941 bits per heavy atom. The Morgan fingerprint density at radius 2 is 1.59 bits per heavy atom. The minimum Gasteiger partial charge on any atom is -0.303 e. The molecule has 2 nitrogen and oxygen atoms in total. The van der Waals surface area contributed by atoms with Crippen LogP contribution in [0.15, 0.2) is 54.6 Å². The van der Waals surface area contributed by atoms with Crippen molar-refractivity contribution in [3.8, 4) is 0 Å². The molecule has 0 amide bonds. The van der Waals surface area contributed by atoms with Crippen LogP contribution >= 0.6 is 0 Å². The highest BCUT2D eigenvalue weighted by molar-refractivity contribution is 6.10. The summed E-state index contributed by atoms with van der Waals surface area (Å²) < 4.78 is 0. The van der Waals surface area contributed by atoms with Gasteiger partial charge in [-0.2, -0.15) is 0 Å². The highest BCUT2D eigenvalue weighted by Gasteiger charge is 2.11. The lowest BCUT2D eigenvalue weighted by atomic mass is 9.97. The van der Waals surface area contributed by atoms with E-state index in [-0.39, 0.29) is 12.2 Å². The van der Waals surface area contributed by atoms with Crippen LogP contribution in [0.2, 0.25) is 0 Å². The standard InChI is InChI=1S/C15H12O2/c16-11-10-12-6-4-5-9-14(12)15(17)13-7-2-1-3-8-13/h1-9,11H,10H2. The molecule has 0 radical (unpaired) electrons. The van der Waals surface area contributed by atoms with Crippen LogP contribution < -0.4 is 0 Å². The van der Waals surface area contributed by atoms with E-state index in [9.17, 15) is 9.59 Å². The lowest BCUT2D eigenvalue weighted by Crippen LogP contribution is -2.05. The lowest BCUT2D eigenvalue weighted by molar-refractivity contribution is -0.107. The Morgan fingerprint density at radius 3 is 2.29 bits per heavy atom. The van der Waals surface area contributed by atoms with Gasteiger partial charge in [-0.05, 0) is 5.56 Å². The minimum absolute atomic E-state index is 0.0388. The topological polar surface area (TPSA) is 34.1 Å². The molecule has 0 aliphatic rings. The van der Waals surface area contributed by atoms with Crippen LogP contribution in [0.1, 0.15) is 21.5 Å². The second-order valence-electron chi connectivity index (χ2n) is 3.72. The predicted octanol–water partition coefficient (Wildman–Crippen LogP) is 2.66. The number of hydrogen-bond donors (Lipinski definition) is 0. The number of rotatable bonds is 4. The molecule has 0 fully saturated rings. The Labute approximate surface area is 99.9 Å². The molecular weight excluding hydrogens is 212 g/mol. The number of ketones is 1. The largest absolute Gasteiger partial charge is 0.303 e. The van der Waals surface area contributed by atoms with E-state index in [2.05, 4.69) is 0 Å². The number of aldehydes is 1. The zero-order valence-corrected chi connectivity index (χ0v) is 9.30. The van der Waals surface area contributed by atoms with Crippen molar-refractivity contribution in [3.63, 3.8) is 0 Å². The van der Waals surface area contributed by atoms with Gasteiger partial charge in [0.25, 0.3) is 0 Å². The fourth-order valence-electron chi connectivity index (χ4n) is 1.75. The van der Waals surface area contributed by atoms with E-state index in [4.69, 9.17) is 0 Å². The Hall–Kier alpha value is -2.22. The van der Waals surface area contributed by atoms with Crippen LogP contribution in [0, 0.1) is 0 Å². The van der Waals surface area contributed by atoms with Crippen LogP contribution in [0.5, 0.6) is 0 Å². The van der Waals surface area contributed by atoms with Gasteiger partial charge in [0, 0.05) is 17.5 Å². The van der Waals surface area contributed by atoms with Gasteiger partial charge < -0.3 is 4.79 Å². The van der Waals surface area contributed by atoms with E-state index in [1.54, 1.807) is 18.2 Å². The SMILES string of the molecule is O=CCc1ccccc1C(=O)c1ccccc1. The van der Waals surface area contributed by atoms with Crippen LogP contribution in [0.4, 0.5) is 0 Å². The zero-order valence-electron chi connectivity index (χ0n) is 9.30. The molecule has 0 aromatic heterocycles. The van der Waals surface area contributed by atoms with Crippen molar-refractivity contribution >= 4 is 12.1 Å². The van der Waals surface area contributed by atoms with Crippen molar-refractivity contribution in [2.45, 2.75) is 6.42 Å². The van der Waals surface area contributed by atoms with E-state index in [1.807, 2.05) is 36.4 Å². The average Bonchev–Trinajstić information content (AvgIpc) is 2.40. The first-order chi connectivity index (χ1) is 8.33. The van der Waals surface area contributed by atoms with Gasteiger partial charge in [0.15, 0.2) is 5.78 Å². The molecule has 0 aliphatic heterocycles. The molecule has 0 saturated carbocycles. The van der Waals surface area contributed by atoms with Crippen LogP contribution in [0.25, 0.3) is 0 Å². The molecule has 17 heavy (non-hydrogen) atoms. The first-order valence-corrected chi connectivity index (χ1v) is 5.44. The van der Waals surface area contributed by atoms with Crippen LogP contribution in [0.3, 0.4) is 0 Å². The molecule has 2 rings (SSSR count). The van der Waals surface area contributed by atoms with E-state index < -0.39 is 0 Å². The third kappa shape index (κ3) is 2.48. The van der Waals surface area contributed by atoms with E-state index in [0.29, 0.717) is 11.1 Å². The fourth-order valence-corrected chi connectivity index (χ4v) is 1.75. The molecule has 0 atom stereocenters. The maximum Gasteiger partial charge on any atom is 0.193 e. The number of hydrogen-bond acceptors (Lipinski definition) is 2. The van der Waals surface area contributed by atoms with Crippen molar-refractivity contribution in [2.24, 2.45) is 0 Å². The van der Waals surface area contributed by atoms with Gasteiger partial charge in [0.1, 0.15) is 6.29 Å². The normalized spacial score (nSPS) is 9.88. The summed E-state index contributed by atoms with van der Waals surface area (Å²) in [4.78, 5) is 22.8. The van der Waals surface area contributed by atoms with Gasteiger partial charge in [0.2, 0.25) is 0 Å². The molecule has 0 unspecified atom stereocenters. The Balaban J connectivity index is 2.40. The number of carbonyl (C=O) groups is 2. The molecule has 2 aromatic carbocycles. The maximum atomic E-state index is 12.2. The first-order valence-electron chi connectivity index (χ1n) is 5.44. The molecule has 84 valence electrons. The van der Waals surface area contributed by atoms with Gasteiger partial charge in [-0.3, -0.25) is 4.79 Å². The van der Waals surface area contributed by atoms with Crippen molar-refractivity contribution < 1.29 is 9.59 Å². The smallest absolute Gasteiger partial charge is 0.193 e. The van der Waals surface area contributed by atoms with Gasteiger partial charge in [-0.15, -0.1) is 0 Å². The van der Waals surface area contributed by atoms with Crippen LogP contribution in [-0.4, -0.2) is 12.1 Å². The Bertz CT molecular complexity index is 530. The van der Waals surface area contributed by atoms with E-state index >= 15 is 0 Å². The van der Waals surface area contributed by atoms with Crippen molar-refractivity contribution in [3.05, 3.63) is 71.3 Å². The van der Waals surface area contributed by atoms with Gasteiger partial charge >= 0.3 is 0 Å². The highest BCUT2D eigenvalue weighted by Crippen LogP contribution is 2.14. The third-order valence-corrected chi connectivity index (χ3v) is 2.60. The molecule has 2 aromatic rings. The summed E-state index contributed by atoms with van der Waals surface area (Å²) in [5, 5.41) is 0. The van der Waals surface area contributed by atoms with E-state index in [0.717, 1.165) is 11.8 Å². The van der Waals surface area contributed by atoms with Crippen molar-refractivity contribution in [1.82, 2.24) is 0 Å². The van der Waals surface area contributed by atoms with Crippen molar-refractivity contribution in [2.75, 3.05) is 0 Å². The summed E-state index contributed by atoms with van der Waals surface area (Å²) in [6, 6.07) is 16.3. The molecule has 0 N–H and O–H groups in total. The second-order valence-corrected chi connectivity index (χ2v) is 3.72. The van der Waals surface area contributed by atoms with Gasteiger partial charge in [0.05, 0.1) is 0 Å². The summed E-state index contributed by atoms with van der Waals surface area (Å²) >= 11 is 0. The lowest BCUT2D eigenvalue weighted by Gasteiger charge is -2.05. The Kier molecular flexibility index (Phi) is 3.46. The summed E-state index contributed by atoms with van der Waals surface area (Å²) in [6.07, 6.45) is 1.09. The molecule has 0 spiro atoms. The maximum absolute atomic E-state index is 12.2. The zero-order chi connectivity index (χ0) is 12.1. The fraction of sp³-hybridized carbons (Fsp3) is 0.0667. The quantitative estimate of drug-likeness (QED) is 0.591. The molecule has 0 aliphatic carbocycles. The minimum atomic E-state index is -0.0388. The first kappa shape index (κ1) is 11.3. The molecular formula is C15H12O2. The van der Waals surface area contributed by atoms with Crippen LogP contribution in [-0.2, 0) is 11.2 Å². The number of benzene rings is 2. The van der Waals surface area contributed by atoms with E-state index in [1.165, 1.54) is 0 Å². The summed E-state index contributed by atoms with van der Waals surface area (Å²) in [6.45, 7) is 0. The second kappa shape index (κ2) is 5.21. The molecule has 2 heteroatoms. The van der Waals surface area contributed by atoms with Crippen molar-refractivity contribution in [1.29, 1.82) is 0 Å². The molecule has 0 saturated heterocycles. The predicted molar refractivity (Wildman–Crippen MR) is 66.1 cm³/mol. The van der Waals surface area contributed by atoms with Gasteiger partial charge in [-0.1, -0.05) is 54.6 Å². The average molecular weight is 224 g/mol. The molecule has 0 bridgehead atoms. The monoisotopic (exact) mass is 224 g/mol. The number of carbonyl (C=O) groups excluding carboxylic acids is 2. The highest BCUT2D eigenvalue weighted by atomic mass is 16.1. The van der Waals surface area contributed by atoms with Gasteiger partial charge in [-0.25, -0.2) is 0 Å².